The molecule has 0 bridgehead atoms. The van der Waals surface area contributed by atoms with Crippen molar-refractivity contribution >= 4 is 39.9 Å². The number of rotatable bonds is 8. The highest BCUT2D eigenvalue weighted by Gasteiger charge is 2.38. The van der Waals surface area contributed by atoms with Gasteiger partial charge in [-0.3, -0.25) is 19.7 Å². The largest absolute Gasteiger partial charge is 0.423 e. The zero-order valence-electron chi connectivity index (χ0n) is 20.7. The van der Waals surface area contributed by atoms with Gasteiger partial charge in [-0.15, -0.1) is 0 Å². The van der Waals surface area contributed by atoms with E-state index >= 15 is 0 Å². The number of hydrogen-bond donors (Lipinski definition) is 3. The predicted molar refractivity (Wildman–Crippen MR) is 137 cm³/mol. The quantitative estimate of drug-likeness (QED) is 0.162. The number of carbonyl (C=O) groups excluding carboxylic acids is 2. The Morgan fingerprint density at radius 1 is 1.03 bits per heavy atom. The molecule has 2 amide bonds. The molecule has 0 unspecified atom stereocenters. The fourth-order valence-corrected chi connectivity index (χ4v) is 4.40. The van der Waals surface area contributed by atoms with Crippen molar-refractivity contribution in [2.45, 2.75) is 44.0 Å². The smallest absolute Gasteiger partial charge is 0.382 e. The molecule has 39 heavy (non-hydrogen) atoms. The molecule has 0 atom stereocenters. The number of nitrogens with zero attached hydrogens (tertiary/aromatic N) is 2. The molecule has 0 saturated heterocycles. The van der Waals surface area contributed by atoms with Crippen LogP contribution in [0.25, 0.3) is 10.9 Å². The maximum atomic E-state index is 13.2. The third kappa shape index (κ3) is 7.41. The summed E-state index contributed by atoms with van der Waals surface area (Å²) in [5.41, 5.74) is -1.43. The second-order valence-corrected chi connectivity index (χ2v) is 9.07. The first kappa shape index (κ1) is 27.8. The van der Waals surface area contributed by atoms with Gasteiger partial charge < -0.3 is 20.7 Å². The molecule has 0 radical (unpaired) electrons. The number of pyridine rings is 1. The lowest BCUT2D eigenvalue weighted by Crippen LogP contribution is -2.38. The molecular formula is C26H26F3N5O5. The zero-order chi connectivity index (χ0) is 28.0. The molecule has 0 spiro atoms. The number of carbonyl (C=O) groups is 2. The molecule has 1 fully saturated rings. The summed E-state index contributed by atoms with van der Waals surface area (Å²) in [6, 6.07) is 13.5. The van der Waals surface area contributed by atoms with E-state index in [-0.39, 0.29) is 36.8 Å². The molecule has 2 aromatic carbocycles. The van der Waals surface area contributed by atoms with Gasteiger partial charge in [-0.05, 0) is 56.0 Å². The summed E-state index contributed by atoms with van der Waals surface area (Å²) in [5.74, 6) is -1.40. The minimum atomic E-state index is -4.84. The summed E-state index contributed by atoms with van der Waals surface area (Å²) in [4.78, 5) is 38.4. The zero-order valence-corrected chi connectivity index (χ0v) is 20.7. The van der Waals surface area contributed by atoms with Gasteiger partial charge in [-0.1, -0.05) is 18.2 Å². The molecule has 1 aromatic heterocycles. The van der Waals surface area contributed by atoms with Crippen molar-refractivity contribution in [1.82, 2.24) is 10.3 Å². The van der Waals surface area contributed by atoms with Crippen LogP contribution in [0.2, 0.25) is 0 Å². The van der Waals surface area contributed by atoms with Gasteiger partial charge in [0.1, 0.15) is 11.4 Å². The number of ether oxygens (including phenoxy) is 1. The number of nitrogens with one attached hydrogen (secondary N) is 3. The third-order valence-corrected chi connectivity index (χ3v) is 6.33. The van der Waals surface area contributed by atoms with E-state index < -0.39 is 34.2 Å². The lowest BCUT2D eigenvalue weighted by Gasteiger charge is -2.30. The average molecular weight is 546 g/mol. The van der Waals surface area contributed by atoms with Crippen LogP contribution in [-0.4, -0.2) is 47.0 Å². The summed E-state index contributed by atoms with van der Waals surface area (Å²) < 4.78 is 45.4. The van der Waals surface area contributed by atoms with E-state index in [0.717, 1.165) is 17.5 Å². The SMILES string of the molecule is O=C(NCCOC1CCC(Nc2ccc([N+](=O)[O-])c(C(F)(F)F)c2)CC1)C(=O)Nc1ccc2ccccc2n1. The van der Waals surface area contributed by atoms with Crippen LogP contribution in [0.5, 0.6) is 0 Å². The summed E-state index contributed by atoms with van der Waals surface area (Å²) in [6.45, 7) is 0.311. The van der Waals surface area contributed by atoms with Gasteiger partial charge in [0.05, 0.1) is 23.2 Å². The van der Waals surface area contributed by atoms with E-state index in [0.29, 0.717) is 31.2 Å². The predicted octanol–water partition coefficient (Wildman–Crippen LogP) is 4.66. The Balaban J connectivity index is 1.16. The molecule has 1 heterocycles. The van der Waals surface area contributed by atoms with Crippen molar-refractivity contribution < 1.29 is 32.4 Å². The first-order valence-electron chi connectivity index (χ1n) is 12.3. The van der Waals surface area contributed by atoms with E-state index in [9.17, 15) is 32.9 Å². The number of nitro groups is 1. The molecule has 1 aliphatic rings. The van der Waals surface area contributed by atoms with Crippen molar-refractivity contribution in [3.8, 4) is 0 Å². The Labute approximate surface area is 221 Å². The molecule has 0 aliphatic heterocycles. The monoisotopic (exact) mass is 545 g/mol. The lowest BCUT2D eigenvalue weighted by atomic mass is 9.92. The van der Waals surface area contributed by atoms with Crippen molar-refractivity contribution in [1.29, 1.82) is 0 Å². The topological polar surface area (TPSA) is 135 Å². The number of para-hydroxylation sites is 1. The van der Waals surface area contributed by atoms with Crippen LogP contribution in [0.3, 0.4) is 0 Å². The molecule has 1 aliphatic carbocycles. The Morgan fingerprint density at radius 3 is 2.49 bits per heavy atom. The van der Waals surface area contributed by atoms with Crippen LogP contribution in [0.15, 0.2) is 54.6 Å². The van der Waals surface area contributed by atoms with Gasteiger partial charge in [0.2, 0.25) is 0 Å². The Bertz CT molecular complexity index is 1360. The Hall–Kier alpha value is -4.26. The molecule has 3 aromatic rings. The van der Waals surface area contributed by atoms with Crippen LogP contribution in [0, 0.1) is 10.1 Å². The normalized spacial score (nSPS) is 17.4. The van der Waals surface area contributed by atoms with Crippen molar-refractivity contribution in [2.24, 2.45) is 0 Å². The summed E-state index contributed by atoms with van der Waals surface area (Å²) >= 11 is 0. The molecule has 10 nitrogen and oxygen atoms in total. The minimum absolute atomic E-state index is 0.0989. The van der Waals surface area contributed by atoms with Gasteiger partial charge in [0, 0.05) is 29.7 Å². The summed E-state index contributed by atoms with van der Waals surface area (Å²) in [5, 5.41) is 19.8. The van der Waals surface area contributed by atoms with Crippen LogP contribution in [0.1, 0.15) is 31.2 Å². The average Bonchev–Trinajstić information content (AvgIpc) is 2.91. The number of aromatic nitrogens is 1. The number of anilines is 2. The van der Waals surface area contributed by atoms with Crippen LogP contribution in [0.4, 0.5) is 30.4 Å². The second kappa shape index (κ2) is 12.1. The molecule has 206 valence electrons. The lowest BCUT2D eigenvalue weighted by molar-refractivity contribution is -0.388. The van der Waals surface area contributed by atoms with Gasteiger partial charge >= 0.3 is 18.0 Å². The molecular weight excluding hydrogens is 519 g/mol. The van der Waals surface area contributed by atoms with Crippen molar-refractivity contribution in [2.75, 3.05) is 23.8 Å². The second-order valence-electron chi connectivity index (χ2n) is 9.07. The van der Waals surface area contributed by atoms with Gasteiger partial charge in [0.15, 0.2) is 0 Å². The maximum absolute atomic E-state index is 13.2. The number of fused-ring (bicyclic) bond motifs is 1. The van der Waals surface area contributed by atoms with E-state index in [1.807, 2.05) is 18.2 Å². The van der Waals surface area contributed by atoms with E-state index in [1.54, 1.807) is 18.2 Å². The molecule has 1 saturated carbocycles. The fraction of sp³-hybridized carbons (Fsp3) is 0.346. The number of alkyl halides is 3. The van der Waals surface area contributed by atoms with E-state index in [2.05, 4.69) is 20.9 Å². The highest BCUT2D eigenvalue weighted by molar-refractivity contribution is 6.39. The van der Waals surface area contributed by atoms with E-state index in [4.69, 9.17) is 4.74 Å². The molecule has 4 rings (SSSR count). The van der Waals surface area contributed by atoms with Crippen LogP contribution in [-0.2, 0) is 20.5 Å². The third-order valence-electron chi connectivity index (χ3n) is 6.33. The number of benzene rings is 2. The fourth-order valence-electron chi connectivity index (χ4n) is 4.40. The van der Waals surface area contributed by atoms with Crippen LogP contribution < -0.4 is 16.0 Å². The molecule has 13 heteroatoms. The van der Waals surface area contributed by atoms with Gasteiger partial charge in [-0.2, -0.15) is 13.2 Å². The number of nitro benzene ring substituents is 1. The van der Waals surface area contributed by atoms with Crippen molar-refractivity contribution in [3.05, 3.63) is 70.3 Å². The standard InChI is InChI=1S/C26H26F3N5O5/c27-26(28,29)20-15-18(8-11-22(20)34(37)38)31-17-6-9-19(10-7-17)39-14-13-30-24(35)25(36)33-23-12-5-16-3-1-2-4-21(16)32-23/h1-5,8,11-12,15,17,19,31H,6-7,9-10,13-14H2,(H,30,35)(H,32,33,36). The number of amides is 2. The van der Waals surface area contributed by atoms with E-state index in [1.165, 1.54) is 6.07 Å². The highest BCUT2D eigenvalue weighted by Crippen LogP contribution is 2.38. The number of hydrogen-bond acceptors (Lipinski definition) is 7. The van der Waals surface area contributed by atoms with Crippen LogP contribution >= 0.6 is 0 Å². The first-order chi connectivity index (χ1) is 18.6. The van der Waals surface area contributed by atoms with Gasteiger partial charge in [0.25, 0.3) is 5.69 Å². The Kier molecular flexibility index (Phi) is 8.59. The Morgan fingerprint density at radius 2 is 1.77 bits per heavy atom. The first-order valence-corrected chi connectivity index (χ1v) is 12.3. The summed E-state index contributed by atoms with van der Waals surface area (Å²) in [7, 11) is 0. The maximum Gasteiger partial charge on any atom is 0.423 e. The highest BCUT2D eigenvalue weighted by atomic mass is 19.4. The summed E-state index contributed by atoms with van der Waals surface area (Å²) in [6.07, 6.45) is -2.42. The van der Waals surface area contributed by atoms with Crippen molar-refractivity contribution in [3.63, 3.8) is 0 Å². The number of halogens is 3. The molecule has 3 N–H and O–H groups in total. The van der Waals surface area contributed by atoms with Gasteiger partial charge in [-0.25, -0.2) is 4.98 Å². The minimum Gasteiger partial charge on any atom is -0.382 e.